The minimum absolute atomic E-state index is 0.0134. The van der Waals surface area contributed by atoms with Crippen LogP contribution in [0.25, 0.3) is 0 Å². The van der Waals surface area contributed by atoms with Crippen molar-refractivity contribution in [3.8, 4) is 0 Å². The molecule has 3 fully saturated rings. The molecule has 0 spiro atoms. The average molecular weight is 392 g/mol. The number of hydrogen-bond donors (Lipinski definition) is 1. The van der Waals surface area contributed by atoms with Gasteiger partial charge >= 0.3 is 0 Å². The molecule has 0 bridgehead atoms. The van der Waals surface area contributed by atoms with Crippen LogP contribution in [-0.4, -0.2) is 73.8 Å². The van der Waals surface area contributed by atoms with E-state index in [-0.39, 0.29) is 41.2 Å². The van der Waals surface area contributed by atoms with Crippen molar-refractivity contribution in [2.45, 2.75) is 18.9 Å². The number of carbonyl (C=O) groups excluding carboxylic acids is 2. The number of nitrogens with zero attached hydrogens (tertiary/aromatic N) is 3. The zero-order chi connectivity index (χ0) is 19.0. The van der Waals surface area contributed by atoms with Gasteiger partial charge in [-0.2, -0.15) is 0 Å². The second kappa shape index (κ2) is 7.10. The van der Waals surface area contributed by atoms with E-state index in [9.17, 15) is 18.0 Å². The number of amides is 2. The van der Waals surface area contributed by atoms with Crippen molar-refractivity contribution in [1.29, 1.82) is 0 Å². The van der Waals surface area contributed by atoms with E-state index in [4.69, 9.17) is 0 Å². The third-order valence-electron chi connectivity index (χ3n) is 5.59. The summed E-state index contributed by atoms with van der Waals surface area (Å²) in [6.45, 7) is 2.71. The molecule has 1 aromatic heterocycles. The van der Waals surface area contributed by atoms with Gasteiger partial charge in [-0.15, -0.1) is 0 Å². The van der Waals surface area contributed by atoms with Gasteiger partial charge in [0.15, 0.2) is 9.84 Å². The Morgan fingerprint density at radius 3 is 2.52 bits per heavy atom. The molecule has 0 aromatic carbocycles. The largest absolute Gasteiger partial charge is 0.353 e. The number of aromatic nitrogens is 1. The predicted molar refractivity (Wildman–Crippen MR) is 99.8 cm³/mol. The summed E-state index contributed by atoms with van der Waals surface area (Å²) in [6.07, 6.45) is 2.79. The van der Waals surface area contributed by atoms with E-state index >= 15 is 0 Å². The van der Waals surface area contributed by atoms with Crippen LogP contribution in [0.2, 0.25) is 0 Å². The van der Waals surface area contributed by atoms with Gasteiger partial charge in [-0.05, 0) is 25.0 Å². The summed E-state index contributed by atoms with van der Waals surface area (Å²) >= 11 is 0. The molecule has 0 radical (unpaired) electrons. The first-order valence-electron chi connectivity index (χ1n) is 9.38. The highest BCUT2D eigenvalue weighted by molar-refractivity contribution is 7.91. The van der Waals surface area contributed by atoms with Gasteiger partial charge in [0.05, 0.1) is 23.3 Å². The fourth-order valence-corrected chi connectivity index (χ4v) is 5.58. The molecule has 8 nitrogen and oxygen atoms in total. The second-order valence-corrected chi connectivity index (χ2v) is 9.79. The van der Waals surface area contributed by atoms with Crippen molar-refractivity contribution in [1.82, 2.24) is 15.2 Å². The molecule has 1 N–H and O–H groups in total. The maximum absolute atomic E-state index is 12.7. The van der Waals surface area contributed by atoms with Crippen LogP contribution in [0.15, 0.2) is 24.4 Å². The molecule has 3 atom stereocenters. The molecular formula is C18H24N4O4S. The third kappa shape index (κ3) is 4.07. The lowest BCUT2D eigenvalue weighted by atomic mass is 10.2. The SMILES string of the molecule is O=C(NC1CCS(=O)(=O)C1)C1CC1C(=O)N1CCN(c2ccccn2)CC1. The number of anilines is 1. The number of rotatable bonds is 4. The molecule has 3 unspecified atom stereocenters. The first-order valence-corrected chi connectivity index (χ1v) is 11.2. The van der Waals surface area contributed by atoms with E-state index in [2.05, 4.69) is 15.2 Å². The van der Waals surface area contributed by atoms with Crippen LogP contribution in [0.3, 0.4) is 0 Å². The molecule has 1 aliphatic carbocycles. The van der Waals surface area contributed by atoms with Gasteiger partial charge in [-0.3, -0.25) is 9.59 Å². The topological polar surface area (TPSA) is 99.7 Å². The summed E-state index contributed by atoms with van der Waals surface area (Å²) in [6, 6.07) is 5.48. The quantitative estimate of drug-likeness (QED) is 0.753. The van der Waals surface area contributed by atoms with Crippen molar-refractivity contribution in [3.63, 3.8) is 0 Å². The molecule has 27 heavy (non-hydrogen) atoms. The average Bonchev–Trinajstić information content (AvgIpc) is 3.40. The van der Waals surface area contributed by atoms with Crippen molar-refractivity contribution < 1.29 is 18.0 Å². The minimum Gasteiger partial charge on any atom is -0.353 e. The molecule has 3 aliphatic rings. The van der Waals surface area contributed by atoms with Crippen LogP contribution in [0.1, 0.15) is 12.8 Å². The van der Waals surface area contributed by atoms with Crippen LogP contribution >= 0.6 is 0 Å². The van der Waals surface area contributed by atoms with Gasteiger partial charge in [0, 0.05) is 38.4 Å². The van der Waals surface area contributed by atoms with Gasteiger partial charge in [0.2, 0.25) is 11.8 Å². The summed E-state index contributed by atoms with van der Waals surface area (Å²) in [5.74, 6) is 0.349. The molecule has 2 amide bonds. The van der Waals surface area contributed by atoms with Gasteiger partial charge < -0.3 is 15.1 Å². The van der Waals surface area contributed by atoms with Crippen LogP contribution in [0.4, 0.5) is 5.82 Å². The fraction of sp³-hybridized carbons (Fsp3) is 0.611. The Labute approximate surface area is 158 Å². The molecule has 4 rings (SSSR count). The van der Waals surface area contributed by atoms with Gasteiger partial charge in [-0.25, -0.2) is 13.4 Å². The predicted octanol–water partition coefficient (Wildman–Crippen LogP) is -0.330. The van der Waals surface area contributed by atoms with Crippen molar-refractivity contribution >= 4 is 27.5 Å². The molecule has 2 aliphatic heterocycles. The van der Waals surface area contributed by atoms with Crippen LogP contribution in [0.5, 0.6) is 0 Å². The summed E-state index contributed by atoms with van der Waals surface area (Å²) in [4.78, 5) is 33.3. The number of carbonyl (C=O) groups is 2. The Morgan fingerprint density at radius 1 is 1.11 bits per heavy atom. The van der Waals surface area contributed by atoms with E-state index in [1.807, 2.05) is 23.1 Å². The number of sulfone groups is 1. The standard InChI is InChI=1S/C18H24N4O4S/c23-17(20-13-4-10-27(25,26)12-13)14-11-15(14)18(24)22-8-6-21(7-9-22)16-3-1-2-5-19-16/h1-3,5,13-15H,4,6-12H2,(H,20,23). The second-order valence-electron chi connectivity index (χ2n) is 7.56. The van der Waals surface area contributed by atoms with Crippen molar-refractivity contribution in [2.75, 3.05) is 42.6 Å². The lowest BCUT2D eigenvalue weighted by Crippen LogP contribution is -2.49. The molecule has 1 aromatic rings. The number of hydrogen-bond acceptors (Lipinski definition) is 6. The molecule has 9 heteroatoms. The highest BCUT2D eigenvalue weighted by atomic mass is 32.2. The van der Waals surface area contributed by atoms with E-state index in [0.717, 1.165) is 18.9 Å². The molecular weight excluding hydrogens is 368 g/mol. The van der Waals surface area contributed by atoms with Gasteiger partial charge in [0.25, 0.3) is 0 Å². The Kier molecular flexibility index (Phi) is 4.79. The summed E-state index contributed by atoms with van der Waals surface area (Å²) in [5.41, 5.74) is 0. The molecule has 2 saturated heterocycles. The van der Waals surface area contributed by atoms with Crippen LogP contribution in [0, 0.1) is 11.8 Å². The Hall–Kier alpha value is -2.16. The zero-order valence-corrected chi connectivity index (χ0v) is 15.9. The maximum atomic E-state index is 12.7. The molecule has 3 heterocycles. The Balaban J connectivity index is 1.25. The highest BCUT2D eigenvalue weighted by Gasteiger charge is 2.50. The number of pyridine rings is 1. The normalized spacial score (nSPS) is 29.4. The first-order chi connectivity index (χ1) is 12.9. The lowest BCUT2D eigenvalue weighted by molar-refractivity contribution is -0.135. The Bertz CT molecular complexity index is 821. The van der Waals surface area contributed by atoms with Gasteiger partial charge in [-0.1, -0.05) is 6.07 Å². The maximum Gasteiger partial charge on any atom is 0.226 e. The highest BCUT2D eigenvalue weighted by Crippen LogP contribution is 2.40. The van der Waals surface area contributed by atoms with Crippen molar-refractivity contribution in [2.24, 2.45) is 11.8 Å². The van der Waals surface area contributed by atoms with E-state index in [1.165, 1.54) is 0 Å². The summed E-state index contributed by atoms with van der Waals surface area (Å²) < 4.78 is 23.0. The molecule has 1 saturated carbocycles. The Morgan fingerprint density at radius 2 is 1.89 bits per heavy atom. The van der Waals surface area contributed by atoms with Crippen molar-refractivity contribution in [3.05, 3.63) is 24.4 Å². The van der Waals surface area contributed by atoms with Gasteiger partial charge in [0.1, 0.15) is 5.82 Å². The van der Waals surface area contributed by atoms with E-state index < -0.39 is 9.84 Å². The third-order valence-corrected chi connectivity index (χ3v) is 7.36. The van der Waals surface area contributed by atoms with E-state index in [0.29, 0.717) is 25.9 Å². The lowest BCUT2D eigenvalue weighted by Gasteiger charge is -2.35. The summed E-state index contributed by atoms with van der Waals surface area (Å²) in [5, 5.41) is 2.81. The fourth-order valence-electron chi connectivity index (χ4n) is 3.91. The van der Waals surface area contributed by atoms with Crippen LogP contribution in [-0.2, 0) is 19.4 Å². The first kappa shape index (κ1) is 18.2. The monoisotopic (exact) mass is 392 g/mol. The molecule has 146 valence electrons. The zero-order valence-electron chi connectivity index (χ0n) is 15.1. The minimum atomic E-state index is -3.02. The number of piperazine rings is 1. The number of nitrogens with one attached hydrogen (secondary N) is 1. The van der Waals surface area contributed by atoms with Crippen LogP contribution < -0.4 is 10.2 Å². The smallest absolute Gasteiger partial charge is 0.226 e. The van der Waals surface area contributed by atoms with E-state index in [1.54, 1.807) is 6.20 Å². The summed E-state index contributed by atoms with van der Waals surface area (Å²) in [7, 11) is -3.02.